The maximum absolute atomic E-state index is 12.5. The van der Waals surface area contributed by atoms with E-state index in [-0.39, 0.29) is 17.7 Å². The van der Waals surface area contributed by atoms with E-state index in [2.05, 4.69) is 22.1 Å². The molecule has 1 N–H and O–H groups in total. The standard InChI is InChI=1S/C22H23ClN4O2S/c1-4-13-27-21(17-10-6-8-12-19(17)29-3)25-26-22(27)30-14-20(28)24-15(2)16-9-5-7-11-18(16)23/h4-12,15H,1,13-14H2,2-3H3,(H,24,28). The Morgan fingerprint density at radius 3 is 2.73 bits per heavy atom. The summed E-state index contributed by atoms with van der Waals surface area (Å²) in [5.41, 5.74) is 1.71. The summed E-state index contributed by atoms with van der Waals surface area (Å²) >= 11 is 7.54. The lowest BCUT2D eigenvalue weighted by Gasteiger charge is -2.15. The van der Waals surface area contributed by atoms with Gasteiger partial charge in [0.15, 0.2) is 11.0 Å². The highest BCUT2D eigenvalue weighted by Crippen LogP contribution is 2.31. The average molecular weight is 443 g/mol. The van der Waals surface area contributed by atoms with Crippen molar-refractivity contribution in [3.05, 3.63) is 71.8 Å². The molecule has 0 fully saturated rings. The number of hydrogen-bond acceptors (Lipinski definition) is 5. The number of benzene rings is 2. The van der Waals surface area contributed by atoms with Crippen LogP contribution < -0.4 is 10.1 Å². The third kappa shape index (κ3) is 5.04. The Bertz CT molecular complexity index is 1040. The van der Waals surface area contributed by atoms with Crippen LogP contribution in [0.1, 0.15) is 18.5 Å². The molecule has 2 aromatic carbocycles. The minimum atomic E-state index is -0.193. The largest absolute Gasteiger partial charge is 0.496 e. The SMILES string of the molecule is C=CCn1c(SCC(=O)NC(C)c2ccccc2Cl)nnc1-c1ccccc1OC. The van der Waals surface area contributed by atoms with Crippen LogP contribution in [-0.4, -0.2) is 33.5 Å². The third-order valence-corrected chi connectivity index (χ3v) is 5.77. The Hall–Kier alpha value is -2.77. The molecule has 6 nitrogen and oxygen atoms in total. The van der Waals surface area contributed by atoms with Crippen molar-refractivity contribution in [3.63, 3.8) is 0 Å². The van der Waals surface area contributed by atoms with Gasteiger partial charge in [0, 0.05) is 11.6 Å². The predicted molar refractivity (Wildman–Crippen MR) is 121 cm³/mol. The van der Waals surface area contributed by atoms with Gasteiger partial charge in [-0.1, -0.05) is 59.8 Å². The minimum Gasteiger partial charge on any atom is -0.496 e. The van der Waals surface area contributed by atoms with Gasteiger partial charge in [0.25, 0.3) is 0 Å². The van der Waals surface area contributed by atoms with Gasteiger partial charge in [0.1, 0.15) is 5.75 Å². The van der Waals surface area contributed by atoms with E-state index in [0.29, 0.717) is 28.3 Å². The summed E-state index contributed by atoms with van der Waals surface area (Å²) in [7, 11) is 1.62. The number of carbonyl (C=O) groups is 1. The van der Waals surface area contributed by atoms with Gasteiger partial charge < -0.3 is 10.1 Å². The molecular weight excluding hydrogens is 420 g/mol. The van der Waals surface area contributed by atoms with E-state index in [1.54, 1.807) is 13.2 Å². The molecule has 0 spiro atoms. The molecule has 0 aliphatic heterocycles. The molecule has 3 aromatic rings. The lowest BCUT2D eigenvalue weighted by atomic mass is 10.1. The maximum Gasteiger partial charge on any atom is 0.230 e. The predicted octanol–water partition coefficient (Wildman–Crippen LogP) is 4.76. The Balaban J connectivity index is 1.72. The zero-order chi connectivity index (χ0) is 21.5. The molecule has 3 rings (SSSR count). The van der Waals surface area contributed by atoms with Gasteiger partial charge in [-0.2, -0.15) is 0 Å². The van der Waals surface area contributed by atoms with E-state index in [1.807, 2.05) is 60.0 Å². The van der Waals surface area contributed by atoms with Gasteiger partial charge in [-0.15, -0.1) is 16.8 Å². The first-order valence-electron chi connectivity index (χ1n) is 9.39. The van der Waals surface area contributed by atoms with E-state index >= 15 is 0 Å². The molecule has 8 heteroatoms. The number of rotatable bonds is 9. The van der Waals surface area contributed by atoms with E-state index in [0.717, 1.165) is 11.1 Å². The number of halogens is 1. The van der Waals surface area contributed by atoms with Crippen molar-refractivity contribution in [1.29, 1.82) is 0 Å². The Labute approximate surface area is 185 Å². The van der Waals surface area contributed by atoms with Crippen molar-refractivity contribution >= 4 is 29.3 Å². The number of amides is 1. The molecular formula is C22H23ClN4O2S. The zero-order valence-electron chi connectivity index (χ0n) is 16.8. The van der Waals surface area contributed by atoms with Crippen LogP contribution in [0.25, 0.3) is 11.4 Å². The second-order valence-corrected chi connectivity index (χ2v) is 7.85. The van der Waals surface area contributed by atoms with Gasteiger partial charge in [-0.05, 0) is 30.7 Å². The molecule has 0 bridgehead atoms. The van der Waals surface area contributed by atoms with E-state index in [4.69, 9.17) is 16.3 Å². The van der Waals surface area contributed by atoms with Crippen LogP contribution in [0.2, 0.25) is 5.02 Å². The average Bonchev–Trinajstić information content (AvgIpc) is 3.15. The fourth-order valence-electron chi connectivity index (χ4n) is 3.04. The Kier molecular flexibility index (Phi) is 7.54. The minimum absolute atomic E-state index is 0.112. The number of nitrogens with one attached hydrogen (secondary N) is 1. The Morgan fingerprint density at radius 1 is 1.27 bits per heavy atom. The molecule has 1 amide bonds. The second-order valence-electron chi connectivity index (χ2n) is 6.51. The molecule has 1 heterocycles. The second kappa shape index (κ2) is 10.3. The van der Waals surface area contributed by atoms with Gasteiger partial charge in [0.05, 0.1) is 24.5 Å². The van der Waals surface area contributed by atoms with Crippen LogP contribution in [0.4, 0.5) is 0 Å². The fourth-order valence-corrected chi connectivity index (χ4v) is 4.09. The molecule has 1 aromatic heterocycles. The van der Waals surface area contributed by atoms with Crippen molar-refractivity contribution in [2.75, 3.05) is 12.9 Å². The molecule has 0 aliphatic rings. The summed E-state index contributed by atoms with van der Waals surface area (Å²) < 4.78 is 7.36. The van der Waals surface area contributed by atoms with Crippen LogP contribution in [0.5, 0.6) is 5.75 Å². The topological polar surface area (TPSA) is 69.0 Å². The van der Waals surface area contributed by atoms with Crippen molar-refractivity contribution in [2.24, 2.45) is 0 Å². The highest BCUT2D eigenvalue weighted by Gasteiger charge is 2.18. The number of para-hydroxylation sites is 1. The third-order valence-electron chi connectivity index (χ3n) is 4.46. The summed E-state index contributed by atoms with van der Waals surface area (Å²) in [6.07, 6.45) is 1.77. The smallest absolute Gasteiger partial charge is 0.230 e. The fraction of sp³-hybridized carbons (Fsp3) is 0.227. The Morgan fingerprint density at radius 2 is 2.00 bits per heavy atom. The number of ether oxygens (including phenoxy) is 1. The molecule has 0 saturated carbocycles. The molecule has 156 valence electrons. The first-order chi connectivity index (χ1) is 14.5. The highest BCUT2D eigenvalue weighted by atomic mass is 35.5. The zero-order valence-corrected chi connectivity index (χ0v) is 18.4. The van der Waals surface area contributed by atoms with Gasteiger partial charge >= 0.3 is 0 Å². The molecule has 0 aliphatic carbocycles. The quantitative estimate of drug-likeness (QED) is 0.382. The van der Waals surface area contributed by atoms with E-state index < -0.39 is 0 Å². The van der Waals surface area contributed by atoms with Gasteiger partial charge in [-0.3, -0.25) is 9.36 Å². The normalized spacial score (nSPS) is 11.7. The molecule has 30 heavy (non-hydrogen) atoms. The van der Waals surface area contributed by atoms with Crippen molar-refractivity contribution in [1.82, 2.24) is 20.1 Å². The van der Waals surface area contributed by atoms with Crippen LogP contribution in [-0.2, 0) is 11.3 Å². The summed E-state index contributed by atoms with van der Waals surface area (Å²) in [5.74, 6) is 1.47. The van der Waals surface area contributed by atoms with Crippen LogP contribution in [0.15, 0.2) is 66.3 Å². The van der Waals surface area contributed by atoms with Crippen molar-refractivity contribution < 1.29 is 9.53 Å². The van der Waals surface area contributed by atoms with Crippen LogP contribution >= 0.6 is 23.4 Å². The number of methoxy groups -OCH3 is 1. The summed E-state index contributed by atoms with van der Waals surface area (Å²) in [6, 6.07) is 14.9. The number of aromatic nitrogens is 3. The summed E-state index contributed by atoms with van der Waals surface area (Å²) in [4.78, 5) is 12.5. The van der Waals surface area contributed by atoms with Crippen LogP contribution in [0, 0.1) is 0 Å². The highest BCUT2D eigenvalue weighted by molar-refractivity contribution is 7.99. The van der Waals surface area contributed by atoms with Gasteiger partial charge in [-0.25, -0.2) is 0 Å². The molecule has 0 radical (unpaired) electrons. The monoisotopic (exact) mass is 442 g/mol. The van der Waals surface area contributed by atoms with Gasteiger partial charge in [0.2, 0.25) is 5.91 Å². The lowest BCUT2D eigenvalue weighted by molar-refractivity contribution is -0.119. The molecule has 1 unspecified atom stereocenters. The number of carbonyl (C=O) groups excluding carboxylic acids is 1. The number of nitrogens with zero attached hydrogens (tertiary/aromatic N) is 3. The van der Waals surface area contributed by atoms with Crippen LogP contribution in [0.3, 0.4) is 0 Å². The number of hydrogen-bond donors (Lipinski definition) is 1. The molecule has 0 saturated heterocycles. The maximum atomic E-state index is 12.5. The summed E-state index contributed by atoms with van der Waals surface area (Å²) in [5, 5.41) is 12.8. The van der Waals surface area contributed by atoms with E-state index in [1.165, 1.54) is 11.8 Å². The van der Waals surface area contributed by atoms with Crippen molar-refractivity contribution in [2.45, 2.75) is 24.7 Å². The first kappa shape index (κ1) is 21.9. The lowest BCUT2D eigenvalue weighted by Crippen LogP contribution is -2.28. The van der Waals surface area contributed by atoms with Crippen molar-refractivity contribution in [3.8, 4) is 17.1 Å². The first-order valence-corrected chi connectivity index (χ1v) is 10.8. The van der Waals surface area contributed by atoms with E-state index in [9.17, 15) is 4.79 Å². The summed E-state index contributed by atoms with van der Waals surface area (Å²) in [6.45, 7) is 6.24. The number of allylic oxidation sites excluding steroid dienone is 1. The number of thioether (sulfide) groups is 1. The molecule has 1 atom stereocenters.